The van der Waals surface area contributed by atoms with Crippen LogP contribution in [0.25, 0.3) is 11.1 Å². The number of hydrogen-bond donors (Lipinski definition) is 0. The fraction of sp³-hybridized carbons (Fsp3) is 0.0769. The Morgan fingerprint density at radius 3 is 2.53 bits per heavy atom. The Morgan fingerprint density at radius 2 is 1.88 bits per heavy atom. The molecule has 0 saturated heterocycles. The molecule has 0 aromatic heterocycles. The predicted molar refractivity (Wildman–Crippen MR) is 76.1 cm³/mol. The summed E-state index contributed by atoms with van der Waals surface area (Å²) in [4.78, 5) is 0. The third kappa shape index (κ3) is 2.55. The zero-order valence-electron chi connectivity index (χ0n) is 9.01. The maximum Gasteiger partial charge on any atom is 0.140 e. The van der Waals surface area contributed by atoms with Crippen LogP contribution in [0, 0.1) is 9.39 Å². The minimum absolute atomic E-state index is 0.301. The summed E-state index contributed by atoms with van der Waals surface area (Å²) in [6.45, 7) is 0. The van der Waals surface area contributed by atoms with E-state index in [0.29, 0.717) is 16.3 Å². The number of methoxy groups -OCH3 is 1. The predicted octanol–water partition coefficient (Wildman–Crippen LogP) is 4.76. The molecule has 0 radical (unpaired) electrons. The summed E-state index contributed by atoms with van der Waals surface area (Å²) in [6, 6.07) is 10.2. The molecule has 0 spiro atoms. The van der Waals surface area contributed by atoms with Gasteiger partial charge < -0.3 is 4.74 Å². The van der Waals surface area contributed by atoms with Gasteiger partial charge in [0.2, 0.25) is 0 Å². The quantitative estimate of drug-likeness (QED) is 0.700. The maximum atomic E-state index is 13.5. The van der Waals surface area contributed by atoms with E-state index in [1.54, 1.807) is 13.2 Å². The SMILES string of the molecule is COc1c(I)cc(F)cc1-c1ccccc1Cl. The molecular weight excluding hydrogens is 353 g/mol. The van der Waals surface area contributed by atoms with Crippen molar-refractivity contribution in [1.82, 2.24) is 0 Å². The van der Waals surface area contributed by atoms with Gasteiger partial charge in [-0.05, 0) is 40.8 Å². The highest BCUT2D eigenvalue weighted by atomic mass is 127. The molecule has 0 aliphatic rings. The number of rotatable bonds is 2. The third-order valence-corrected chi connectivity index (χ3v) is 3.51. The second-order valence-corrected chi connectivity index (χ2v) is 5.02. The second-order valence-electron chi connectivity index (χ2n) is 3.45. The van der Waals surface area contributed by atoms with Gasteiger partial charge in [0.1, 0.15) is 11.6 Å². The highest BCUT2D eigenvalue weighted by Crippen LogP contribution is 2.38. The molecule has 2 aromatic rings. The van der Waals surface area contributed by atoms with Gasteiger partial charge in [0.05, 0.1) is 10.7 Å². The molecule has 0 unspecified atom stereocenters. The van der Waals surface area contributed by atoms with E-state index in [9.17, 15) is 4.39 Å². The summed E-state index contributed by atoms with van der Waals surface area (Å²) >= 11 is 8.15. The van der Waals surface area contributed by atoms with E-state index < -0.39 is 0 Å². The lowest BCUT2D eigenvalue weighted by atomic mass is 10.0. The van der Waals surface area contributed by atoms with Crippen molar-refractivity contribution >= 4 is 34.2 Å². The molecule has 4 heteroatoms. The molecule has 0 bridgehead atoms. The normalized spacial score (nSPS) is 10.4. The highest BCUT2D eigenvalue weighted by Gasteiger charge is 2.13. The lowest BCUT2D eigenvalue weighted by Crippen LogP contribution is -1.93. The van der Waals surface area contributed by atoms with Crippen LogP contribution < -0.4 is 4.74 Å². The molecule has 88 valence electrons. The summed E-state index contributed by atoms with van der Waals surface area (Å²) in [5.74, 6) is 0.338. The van der Waals surface area contributed by atoms with Crippen molar-refractivity contribution in [3.05, 3.63) is 50.8 Å². The highest BCUT2D eigenvalue weighted by molar-refractivity contribution is 14.1. The summed E-state index contributed by atoms with van der Waals surface area (Å²) in [5, 5.41) is 0.576. The Hall–Kier alpha value is -0.810. The minimum Gasteiger partial charge on any atom is -0.495 e. The van der Waals surface area contributed by atoms with Crippen LogP contribution in [0.4, 0.5) is 4.39 Å². The Bertz CT molecular complexity index is 557. The summed E-state index contributed by atoms with van der Waals surface area (Å²) in [7, 11) is 1.57. The van der Waals surface area contributed by atoms with Crippen LogP contribution >= 0.6 is 34.2 Å². The van der Waals surface area contributed by atoms with Gasteiger partial charge in [0, 0.05) is 16.1 Å². The smallest absolute Gasteiger partial charge is 0.140 e. The standard InChI is InChI=1S/C13H9ClFIO/c1-17-13-10(6-8(15)7-12(13)16)9-4-2-3-5-11(9)14/h2-7H,1H3. The van der Waals surface area contributed by atoms with Crippen LogP contribution in [0.5, 0.6) is 5.75 Å². The zero-order valence-corrected chi connectivity index (χ0v) is 11.9. The van der Waals surface area contributed by atoms with Crippen molar-refractivity contribution in [3.8, 4) is 16.9 Å². The summed E-state index contributed by atoms with van der Waals surface area (Å²) in [6.07, 6.45) is 0. The molecular formula is C13H9ClFIO. The maximum absolute atomic E-state index is 13.5. The van der Waals surface area contributed by atoms with Crippen molar-refractivity contribution in [1.29, 1.82) is 0 Å². The molecule has 0 aliphatic carbocycles. The van der Waals surface area contributed by atoms with E-state index in [4.69, 9.17) is 16.3 Å². The number of halogens is 3. The fourth-order valence-electron chi connectivity index (χ4n) is 1.65. The minimum atomic E-state index is -0.301. The zero-order chi connectivity index (χ0) is 12.4. The Labute approximate surface area is 118 Å². The van der Waals surface area contributed by atoms with Gasteiger partial charge in [-0.2, -0.15) is 0 Å². The lowest BCUT2D eigenvalue weighted by Gasteiger charge is -2.12. The van der Waals surface area contributed by atoms with Gasteiger partial charge in [-0.25, -0.2) is 4.39 Å². The molecule has 2 aromatic carbocycles. The van der Waals surface area contributed by atoms with Crippen LogP contribution in [-0.4, -0.2) is 7.11 Å². The number of benzene rings is 2. The Kier molecular flexibility index (Phi) is 3.89. The van der Waals surface area contributed by atoms with Gasteiger partial charge in [-0.3, -0.25) is 0 Å². The molecule has 2 rings (SSSR count). The van der Waals surface area contributed by atoms with E-state index in [-0.39, 0.29) is 5.82 Å². The van der Waals surface area contributed by atoms with Crippen molar-refractivity contribution in [2.45, 2.75) is 0 Å². The monoisotopic (exact) mass is 362 g/mol. The first-order chi connectivity index (χ1) is 8.13. The summed E-state index contributed by atoms with van der Waals surface area (Å²) < 4.78 is 19.5. The molecule has 17 heavy (non-hydrogen) atoms. The van der Waals surface area contributed by atoms with Crippen molar-refractivity contribution < 1.29 is 9.13 Å². The molecule has 0 N–H and O–H groups in total. The van der Waals surface area contributed by atoms with E-state index >= 15 is 0 Å². The van der Waals surface area contributed by atoms with Crippen molar-refractivity contribution in [2.75, 3.05) is 7.11 Å². The Balaban J connectivity index is 2.70. The largest absolute Gasteiger partial charge is 0.495 e. The second kappa shape index (κ2) is 5.23. The number of ether oxygens (including phenoxy) is 1. The van der Waals surface area contributed by atoms with Gasteiger partial charge in [0.15, 0.2) is 0 Å². The molecule has 0 aliphatic heterocycles. The molecule has 0 fully saturated rings. The topological polar surface area (TPSA) is 9.23 Å². The average Bonchev–Trinajstić information content (AvgIpc) is 2.28. The third-order valence-electron chi connectivity index (χ3n) is 2.38. The summed E-state index contributed by atoms with van der Waals surface area (Å²) in [5.41, 5.74) is 1.44. The first kappa shape index (κ1) is 12.6. The fourth-order valence-corrected chi connectivity index (χ4v) is 2.69. The van der Waals surface area contributed by atoms with Gasteiger partial charge in [0.25, 0.3) is 0 Å². The van der Waals surface area contributed by atoms with Crippen LogP contribution in [0.1, 0.15) is 0 Å². The molecule has 0 atom stereocenters. The van der Waals surface area contributed by atoms with Gasteiger partial charge in [-0.1, -0.05) is 29.8 Å². The molecule has 0 amide bonds. The van der Waals surface area contributed by atoms with E-state index in [1.165, 1.54) is 12.1 Å². The van der Waals surface area contributed by atoms with Crippen LogP contribution in [-0.2, 0) is 0 Å². The first-order valence-electron chi connectivity index (χ1n) is 4.91. The van der Waals surface area contributed by atoms with E-state index in [2.05, 4.69) is 0 Å². The molecule has 0 saturated carbocycles. The van der Waals surface area contributed by atoms with Crippen molar-refractivity contribution in [3.63, 3.8) is 0 Å². The molecule has 0 heterocycles. The van der Waals surface area contributed by atoms with Crippen LogP contribution in [0.2, 0.25) is 5.02 Å². The van der Waals surface area contributed by atoms with Crippen molar-refractivity contribution in [2.24, 2.45) is 0 Å². The first-order valence-corrected chi connectivity index (χ1v) is 6.37. The average molecular weight is 363 g/mol. The molecule has 1 nitrogen and oxygen atoms in total. The van der Waals surface area contributed by atoms with E-state index in [1.807, 2.05) is 40.8 Å². The Morgan fingerprint density at radius 1 is 1.18 bits per heavy atom. The van der Waals surface area contributed by atoms with E-state index in [0.717, 1.165) is 9.13 Å². The van der Waals surface area contributed by atoms with Gasteiger partial charge >= 0.3 is 0 Å². The van der Waals surface area contributed by atoms with Gasteiger partial charge in [-0.15, -0.1) is 0 Å². The van der Waals surface area contributed by atoms with Crippen LogP contribution in [0.3, 0.4) is 0 Å². The van der Waals surface area contributed by atoms with Crippen LogP contribution in [0.15, 0.2) is 36.4 Å². The number of hydrogen-bond acceptors (Lipinski definition) is 1. The lowest BCUT2D eigenvalue weighted by molar-refractivity contribution is 0.412.